The molecule has 0 aromatic carbocycles. The summed E-state index contributed by atoms with van der Waals surface area (Å²) in [7, 11) is 0. The van der Waals surface area contributed by atoms with Crippen LogP contribution in [0, 0.1) is 0 Å². The molecule has 0 aliphatic heterocycles. The van der Waals surface area contributed by atoms with Gasteiger partial charge in [0.05, 0.1) is 13.2 Å². The molecule has 0 rings (SSSR count). The van der Waals surface area contributed by atoms with Gasteiger partial charge in [0.1, 0.15) is 0 Å². The van der Waals surface area contributed by atoms with Crippen molar-refractivity contribution in [2.45, 2.75) is 96.8 Å². The first kappa shape index (κ1) is 30.1. The van der Waals surface area contributed by atoms with Gasteiger partial charge in [0.15, 0.2) is 0 Å². The Morgan fingerprint density at radius 1 is 0.724 bits per heavy atom. The van der Waals surface area contributed by atoms with E-state index in [1.165, 1.54) is 6.08 Å². The molecular formula is C22H40MgO6. The summed E-state index contributed by atoms with van der Waals surface area (Å²) in [4.78, 5) is 33.1. The van der Waals surface area contributed by atoms with Gasteiger partial charge in [-0.3, -0.25) is 9.59 Å². The van der Waals surface area contributed by atoms with Gasteiger partial charge in [-0.2, -0.15) is 0 Å². The van der Waals surface area contributed by atoms with Gasteiger partial charge in [-0.1, -0.05) is 44.6 Å². The first-order valence-corrected chi connectivity index (χ1v) is 10.7. The molecule has 0 unspecified atom stereocenters. The predicted molar refractivity (Wildman–Crippen MR) is 117 cm³/mol. The van der Waals surface area contributed by atoms with E-state index in [4.69, 9.17) is 14.6 Å². The Morgan fingerprint density at radius 3 is 1.69 bits per heavy atom. The Labute approximate surface area is 194 Å². The van der Waals surface area contributed by atoms with E-state index in [9.17, 15) is 14.4 Å². The molecule has 0 spiro atoms. The van der Waals surface area contributed by atoms with E-state index in [1.54, 1.807) is 13.0 Å². The van der Waals surface area contributed by atoms with E-state index in [1.807, 2.05) is 0 Å². The van der Waals surface area contributed by atoms with Crippen LogP contribution in [0.25, 0.3) is 0 Å². The Kier molecular flexibility index (Phi) is 24.1. The minimum atomic E-state index is -0.713. The second-order valence-electron chi connectivity index (χ2n) is 7.02. The standard InChI is InChI=1S/C22H38O6.Mg.2H/c1-2-15-21(25)27-18-13-9-10-14-19-28-22(26)17-12-8-6-4-3-5-7-11-16-20(23)24;;;/h2,15H,3-14,16-19H2,1H3,(H,23,24);;;/q;+2;2*-1. The van der Waals surface area contributed by atoms with Crippen LogP contribution in [0.5, 0.6) is 0 Å². The summed E-state index contributed by atoms with van der Waals surface area (Å²) < 4.78 is 10.2. The number of carbonyl (C=O) groups is 3. The van der Waals surface area contributed by atoms with E-state index >= 15 is 0 Å². The third-order valence-electron chi connectivity index (χ3n) is 4.37. The number of unbranched alkanes of at least 4 members (excludes halogenated alkanes) is 10. The molecule has 0 radical (unpaired) electrons. The summed E-state index contributed by atoms with van der Waals surface area (Å²) in [6.07, 6.45) is 15.6. The van der Waals surface area contributed by atoms with Crippen LogP contribution in [0.4, 0.5) is 0 Å². The molecule has 29 heavy (non-hydrogen) atoms. The van der Waals surface area contributed by atoms with E-state index in [2.05, 4.69) is 0 Å². The molecule has 0 heterocycles. The van der Waals surface area contributed by atoms with Crippen molar-refractivity contribution in [3.05, 3.63) is 12.2 Å². The molecule has 0 aromatic heterocycles. The van der Waals surface area contributed by atoms with Crippen molar-refractivity contribution in [2.24, 2.45) is 0 Å². The Bertz CT molecular complexity index is 461. The largest absolute Gasteiger partial charge is 2.00 e. The third-order valence-corrected chi connectivity index (χ3v) is 4.37. The molecule has 0 saturated heterocycles. The zero-order valence-corrected chi connectivity index (χ0v) is 19.6. The molecule has 0 atom stereocenters. The zero-order chi connectivity index (χ0) is 20.9. The minimum Gasteiger partial charge on any atom is -1.00 e. The van der Waals surface area contributed by atoms with Crippen molar-refractivity contribution < 1.29 is 31.8 Å². The van der Waals surface area contributed by atoms with Crippen molar-refractivity contribution in [1.82, 2.24) is 0 Å². The van der Waals surface area contributed by atoms with E-state index in [0.717, 1.165) is 77.0 Å². The van der Waals surface area contributed by atoms with Crippen LogP contribution in [0.15, 0.2) is 12.2 Å². The van der Waals surface area contributed by atoms with Gasteiger partial charge < -0.3 is 17.4 Å². The van der Waals surface area contributed by atoms with E-state index < -0.39 is 5.97 Å². The number of allylic oxidation sites excluding steroid dienone is 1. The molecular weight excluding hydrogens is 385 g/mol. The van der Waals surface area contributed by atoms with Gasteiger partial charge in [-0.15, -0.1) is 0 Å². The smallest absolute Gasteiger partial charge is 1.00 e. The SMILES string of the molecule is CC=CC(=O)OCCCCCCOC(=O)CCCCCCCCCCC(=O)O.[H-].[H-].[Mg+2]. The number of ether oxygens (including phenoxy) is 2. The van der Waals surface area contributed by atoms with Crippen LogP contribution in [0.3, 0.4) is 0 Å². The van der Waals surface area contributed by atoms with Gasteiger partial charge in [0.25, 0.3) is 0 Å². The second-order valence-corrected chi connectivity index (χ2v) is 7.02. The molecule has 0 saturated carbocycles. The van der Waals surface area contributed by atoms with Crippen molar-refractivity contribution in [3.8, 4) is 0 Å². The molecule has 7 heteroatoms. The zero-order valence-electron chi connectivity index (χ0n) is 20.2. The number of esters is 2. The maximum absolute atomic E-state index is 11.6. The van der Waals surface area contributed by atoms with Gasteiger partial charge in [0, 0.05) is 18.9 Å². The van der Waals surface area contributed by atoms with Gasteiger partial charge in [0.2, 0.25) is 0 Å². The molecule has 166 valence electrons. The summed E-state index contributed by atoms with van der Waals surface area (Å²) in [5.74, 6) is -1.13. The molecule has 0 aliphatic rings. The van der Waals surface area contributed by atoms with Crippen LogP contribution in [0.2, 0.25) is 0 Å². The number of carbonyl (C=O) groups excluding carboxylic acids is 2. The average Bonchev–Trinajstić information content (AvgIpc) is 2.65. The predicted octanol–water partition coefficient (Wildman–Crippen LogP) is 5.04. The van der Waals surface area contributed by atoms with Crippen LogP contribution in [0.1, 0.15) is 99.7 Å². The van der Waals surface area contributed by atoms with Crippen molar-refractivity contribution in [3.63, 3.8) is 0 Å². The summed E-state index contributed by atoms with van der Waals surface area (Å²) in [5, 5.41) is 8.55. The Morgan fingerprint density at radius 2 is 1.17 bits per heavy atom. The topological polar surface area (TPSA) is 89.9 Å². The van der Waals surface area contributed by atoms with Crippen LogP contribution in [-0.4, -0.2) is 59.3 Å². The fraction of sp³-hybridized carbons (Fsp3) is 0.773. The quantitative estimate of drug-likeness (QED) is 0.135. The Balaban J connectivity index is -0.00000121. The number of aliphatic carboxylic acids is 1. The molecule has 0 aliphatic carbocycles. The minimum absolute atomic E-state index is 0. The van der Waals surface area contributed by atoms with Crippen LogP contribution in [-0.2, 0) is 23.9 Å². The second kappa shape index (κ2) is 23.2. The first-order chi connectivity index (χ1) is 13.6. The average molecular weight is 425 g/mol. The van der Waals surface area contributed by atoms with Crippen molar-refractivity contribution >= 4 is 41.0 Å². The maximum atomic E-state index is 11.6. The van der Waals surface area contributed by atoms with Crippen molar-refractivity contribution in [1.29, 1.82) is 0 Å². The summed E-state index contributed by atoms with van der Waals surface area (Å²) in [6, 6.07) is 0. The molecule has 0 fully saturated rings. The molecule has 0 aromatic rings. The molecule has 6 nitrogen and oxygen atoms in total. The number of rotatable bonds is 19. The van der Waals surface area contributed by atoms with Crippen LogP contribution < -0.4 is 0 Å². The molecule has 0 bridgehead atoms. The monoisotopic (exact) mass is 424 g/mol. The van der Waals surface area contributed by atoms with Crippen molar-refractivity contribution in [2.75, 3.05) is 13.2 Å². The first-order valence-electron chi connectivity index (χ1n) is 10.7. The van der Waals surface area contributed by atoms with Gasteiger partial charge >= 0.3 is 41.0 Å². The number of carboxylic acids is 1. The van der Waals surface area contributed by atoms with E-state index in [0.29, 0.717) is 19.6 Å². The summed E-state index contributed by atoms with van der Waals surface area (Å²) in [5.41, 5.74) is 0. The van der Waals surface area contributed by atoms with Crippen LogP contribution >= 0.6 is 0 Å². The number of hydrogen-bond acceptors (Lipinski definition) is 5. The molecule has 1 N–H and O–H groups in total. The Hall–Kier alpha value is -1.08. The summed E-state index contributed by atoms with van der Waals surface area (Å²) >= 11 is 0. The van der Waals surface area contributed by atoms with Gasteiger partial charge in [-0.25, -0.2) is 4.79 Å². The fourth-order valence-corrected chi connectivity index (χ4v) is 2.78. The van der Waals surface area contributed by atoms with E-state index in [-0.39, 0.29) is 44.3 Å². The normalized spacial score (nSPS) is 10.5. The maximum Gasteiger partial charge on any atom is 2.00 e. The number of carboxylic acid groups (broad SMARTS) is 1. The fourth-order valence-electron chi connectivity index (χ4n) is 2.78. The third kappa shape index (κ3) is 24.9. The molecule has 0 amide bonds. The van der Waals surface area contributed by atoms with Gasteiger partial charge in [-0.05, 0) is 45.4 Å². The summed E-state index contributed by atoms with van der Waals surface area (Å²) in [6.45, 7) is 2.68. The number of hydrogen-bond donors (Lipinski definition) is 1.